The van der Waals surface area contributed by atoms with Gasteiger partial charge >= 0.3 is 0 Å². The third-order valence-corrected chi connectivity index (χ3v) is 4.35. The van der Waals surface area contributed by atoms with E-state index in [-0.39, 0.29) is 0 Å². The molecule has 1 aromatic heterocycles. The molecule has 0 bridgehead atoms. The Kier molecular flexibility index (Phi) is 4.34. The van der Waals surface area contributed by atoms with Crippen molar-refractivity contribution in [1.82, 2.24) is 19.7 Å². The van der Waals surface area contributed by atoms with Crippen molar-refractivity contribution >= 4 is 0 Å². The number of benzene rings is 1. The molecular formula is C17H24N4. The Bertz CT molecular complexity index is 590. The summed E-state index contributed by atoms with van der Waals surface area (Å²) in [4.78, 5) is 2.55. The highest BCUT2D eigenvalue weighted by molar-refractivity contribution is 5.22. The largest absolute Gasteiger partial charge is 0.318 e. The first-order chi connectivity index (χ1) is 10.3. The molecular weight excluding hydrogens is 260 g/mol. The van der Waals surface area contributed by atoms with Crippen LogP contribution in [0, 0.1) is 6.92 Å². The van der Waals surface area contributed by atoms with E-state index in [0.717, 1.165) is 25.5 Å². The average Bonchev–Trinajstić information content (AvgIpc) is 2.96. The first-order valence-corrected chi connectivity index (χ1v) is 7.92. The summed E-state index contributed by atoms with van der Waals surface area (Å²) < 4.78 is 2.18. The molecule has 1 saturated heterocycles. The summed E-state index contributed by atoms with van der Waals surface area (Å²) in [6, 6.07) is 8.83. The summed E-state index contributed by atoms with van der Waals surface area (Å²) >= 11 is 0. The number of aryl methyl sites for hydroxylation is 2. The monoisotopic (exact) mass is 284 g/mol. The Hall–Kier alpha value is -1.68. The van der Waals surface area contributed by atoms with Gasteiger partial charge in [-0.2, -0.15) is 0 Å². The molecule has 1 aliphatic heterocycles. The predicted octanol–water partition coefficient (Wildman–Crippen LogP) is 2.99. The van der Waals surface area contributed by atoms with Crippen LogP contribution in [0.5, 0.6) is 0 Å². The molecule has 4 heteroatoms. The van der Waals surface area contributed by atoms with Crippen LogP contribution in [0.2, 0.25) is 0 Å². The van der Waals surface area contributed by atoms with Crippen LogP contribution in [-0.4, -0.2) is 32.8 Å². The second-order valence-electron chi connectivity index (χ2n) is 6.04. The molecule has 1 aromatic carbocycles. The van der Waals surface area contributed by atoms with Crippen molar-refractivity contribution in [3.63, 3.8) is 0 Å². The lowest BCUT2D eigenvalue weighted by molar-refractivity contribution is 0.194. The van der Waals surface area contributed by atoms with Crippen LogP contribution in [0.4, 0.5) is 0 Å². The molecule has 112 valence electrons. The van der Waals surface area contributed by atoms with Crippen molar-refractivity contribution in [2.75, 3.05) is 13.1 Å². The SMILES string of the molecule is CCn1cnnc1[C@H]1CCCN(Cc2cccc(C)c2)C1. The van der Waals surface area contributed by atoms with Crippen LogP contribution >= 0.6 is 0 Å². The van der Waals surface area contributed by atoms with E-state index in [1.54, 1.807) is 0 Å². The van der Waals surface area contributed by atoms with Gasteiger partial charge in [0, 0.05) is 25.6 Å². The molecule has 3 rings (SSSR count). The van der Waals surface area contributed by atoms with E-state index in [0.29, 0.717) is 5.92 Å². The lowest BCUT2D eigenvalue weighted by Crippen LogP contribution is -2.34. The third-order valence-electron chi connectivity index (χ3n) is 4.35. The Labute approximate surface area is 126 Å². The van der Waals surface area contributed by atoms with E-state index < -0.39 is 0 Å². The Morgan fingerprint density at radius 3 is 3.05 bits per heavy atom. The number of piperidine rings is 1. The lowest BCUT2D eigenvalue weighted by Gasteiger charge is -2.32. The van der Waals surface area contributed by atoms with E-state index in [1.807, 2.05) is 6.33 Å². The third kappa shape index (κ3) is 3.32. The molecule has 4 nitrogen and oxygen atoms in total. The highest BCUT2D eigenvalue weighted by Crippen LogP contribution is 2.26. The zero-order chi connectivity index (χ0) is 14.7. The quantitative estimate of drug-likeness (QED) is 0.865. The molecule has 2 aromatic rings. The zero-order valence-corrected chi connectivity index (χ0v) is 13.0. The molecule has 0 spiro atoms. The minimum Gasteiger partial charge on any atom is -0.318 e. The van der Waals surface area contributed by atoms with Crippen molar-refractivity contribution < 1.29 is 0 Å². The molecule has 0 radical (unpaired) electrons. The van der Waals surface area contributed by atoms with Crippen LogP contribution < -0.4 is 0 Å². The summed E-state index contributed by atoms with van der Waals surface area (Å²) in [7, 11) is 0. The summed E-state index contributed by atoms with van der Waals surface area (Å²) in [6.07, 6.45) is 4.32. The van der Waals surface area contributed by atoms with E-state index in [9.17, 15) is 0 Å². The van der Waals surface area contributed by atoms with Gasteiger partial charge in [-0.25, -0.2) is 0 Å². The summed E-state index contributed by atoms with van der Waals surface area (Å²) in [5, 5.41) is 8.44. The summed E-state index contributed by atoms with van der Waals surface area (Å²) in [6.45, 7) is 8.58. The van der Waals surface area contributed by atoms with Gasteiger partial charge in [-0.05, 0) is 38.8 Å². The molecule has 21 heavy (non-hydrogen) atoms. The van der Waals surface area contributed by atoms with Crippen LogP contribution in [0.25, 0.3) is 0 Å². The highest BCUT2D eigenvalue weighted by Gasteiger charge is 2.24. The standard InChI is InChI=1S/C17H24N4/c1-3-21-13-18-19-17(21)16-8-5-9-20(12-16)11-15-7-4-6-14(2)10-15/h4,6-7,10,13,16H,3,5,8-9,11-12H2,1-2H3/t16-/m0/s1. The normalized spacial score (nSPS) is 19.8. The van der Waals surface area contributed by atoms with E-state index in [4.69, 9.17) is 0 Å². The number of aromatic nitrogens is 3. The number of rotatable bonds is 4. The maximum absolute atomic E-state index is 4.35. The minimum atomic E-state index is 0.519. The fourth-order valence-corrected chi connectivity index (χ4v) is 3.30. The Morgan fingerprint density at radius 2 is 2.24 bits per heavy atom. The van der Waals surface area contributed by atoms with E-state index in [1.165, 1.54) is 30.5 Å². The average molecular weight is 284 g/mol. The highest BCUT2D eigenvalue weighted by atomic mass is 15.3. The molecule has 0 N–H and O–H groups in total. The van der Waals surface area contributed by atoms with Gasteiger partial charge in [0.25, 0.3) is 0 Å². The van der Waals surface area contributed by atoms with Crippen LogP contribution in [-0.2, 0) is 13.1 Å². The second kappa shape index (κ2) is 6.39. The Balaban J connectivity index is 1.68. The topological polar surface area (TPSA) is 34.0 Å². The molecule has 0 saturated carbocycles. The maximum Gasteiger partial charge on any atom is 0.137 e. The van der Waals surface area contributed by atoms with E-state index in [2.05, 4.69) is 57.8 Å². The number of hydrogen-bond acceptors (Lipinski definition) is 3. The zero-order valence-electron chi connectivity index (χ0n) is 13.0. The van der Waals surface area contributed by atoms with Gasteiger partial charge in [-0.3, -0.25) is 4.90 Å². The predicted molar refractivity (Wildman–Crippen MR) is 84.1 cm³/mol. The van der Waals surface area contributed by atoms with Crippen molar-refractivity contribution in [2.24, 2.45) is 0 Å². The lowest BCUT2D eigenvalue weighted by atomic mass is 9.96. The smallest absolute Gasteiger partial charge is 0.137 e. The van der Waals surface area contributed by atoms with Crippen LogP contribution in [0.15, 0.2) is 30.6 Å². The van der Waals surface area contributed by atoms with Crippen molar-refractivity contribution in [2.45, 2.75) is 45.7 Å². The first-order valence-electron chi connectivity index (χ1n) is 7.92. The van der Waals surface area contributed by atoms with Gasteiger partial charge < -0.3 is 4.57 Å². The summed E-state index contributed by atoms with van der Waals surface area (Å²) in [5.41, 5.74) is 2.75. The molecule has 1 aliphatic rings. The van der Waals surface area contributed by atoms with Gasteiger partial charge in [0.1, 0.15) is 12.2 Å². The van der Waals surface area contributed by atoms with Crippen molar-refractivity contribution in [1.29, 1.82) is 0 Å². The van der Waals surface area contributed by atoms with E-state index >= 15 is 0 Å². The van der Waals surface area contributed by atoms with Crippen molar-refractivity contribution in [3.05, 3.63) is 47.5 Å². The van der Waals surface area contributed by atoms with Crippen molar-refractivity contribution in [3.8, 4) is 0 Å². The molecule has 2 heterocycles. The minimum absolute atomic E-state index is 0.519. The number of hydrogen-bond donors (Lipinski definition) is 0. The van der Waals surface area contributed by atoms with Gasteiger partial charge in [-0.15, -0.1) is 10.2 Å². The molecule has 1 atom stereocenters. The van der Waals surface area contributed by atoms with Gasteiger partial charge in [0.15, 0.2) is 0 Å². The molecule has 0 unspecified atom stereocenters. The maximum atomic E-state index is 4.35. The van der Waals surface area contributed by atoms with Crippen LogP contribution in [0.1, 0.15) is 42.6 Å². The fourth-order valence-electron chi connectivity index (χ4n) is 3.30. The van der Waals surface area contributed by atoms with Gasteiger partial charge in [0.2, 0.25) is 0 Å². The number of nitrogens with zero attached hydrogens (tertiary/aromatic N) is 4. The second-order valence-corrected chi connectivity index (χ2v) is 6.04. The number of likely N-dealkylation sites (tertiary alicyclic amines) is 1. The van der Waals surface area contributed by atoms with Gasteiger partial charge in [0.05, 0.1) is 0 Å². The first kappa shape index (κ1) is 14.3. The molecule has 0 aliphatic carbocycles. The Morgan fingerprint density at radius 1 is 1.33 bits per heavy atom. The summed E-state index contributed by atoms with van der Waals surface area (Å²) in [5.74, 6) is 1.68. The molecule has 0 amide bonds. The molecule has 1 fully saturated rings. The fraction of sp³-hybridized carbons (Fsp3) is 0.529. The van der Waals surface area contributed by atoms with Gasteiger partial charge in [-0.1, -0.05) is 29.8 Å². The van der Waals surface area contributed by atoms with Crippen LogP contribution in [0.3, 0.4) is 0 Å².